The number of amides is 1. The molecule has 0 radical (unpaired) electrons. The smallest absolute Gasteiger partial charge is 0.407 e. The molecule has 1 aliphatic rings. The van der Waals surface area contributed by atoms with Gasteiger partial charge in [0.1, 0.15) is 11.7 Å². The largest absolute Gasteiger partial charge is 0.444 e. The Labute approximate surface area is 140 Å². The van der Waals surface area contributed by atoms with Crippen molar-refractivity contribution in [1.29, 1.82) is 0 Å². The monoisotopic (exact) mass is 331 g/mol. The third kappa shape index (κ3) is 10.5. The van der Waals surface area contributed by atoms with Crippen molar-refractivity contribution >= 4 is 6.09 Å². The van der Waals surface area contributed by atoms with E-state index in [0.717, 1.165) is 32.3 Å². The molecule has 1 atom stereocenters. The lowest BCUT2D eigenvalue weighted by Gasteiger charge is -2.19. The SMILES string of the molecule is CC(C)(C)OC(=O)NCCCCCCOC[C@@H]1COC(C)(C)O1. The molecule has 1 N–H and O–H groups in total. The van der Waals surface area contributed by atoms with Crippen LogP contribution in [0.4, 0.5) is 4.79 Å². The molecule has 1 saturated heterocycles. The fourth-order valence-corrected chi connectivity index (χ4v) is 2.25. The second kappa shape index (κ2) is 9.45. The van der Waals surface area contributed by atoms with Gasteiger partial charge in [-0.15, -0.1) is 0 Å². The van der Waals surface area contributed by atoms with Crippen LogP contribution in [0.2, 0.25) is 0 Å². The molecule has 1 rings (SSSR count). The number of ether oxygens (including phenoxy) is 4. The molecule has 0 bridgehead atoms. The maximum absolute atomic E-state index is 11.4. The van der Waals surface area contributed by atoms with Crippen LogP contribution in [0.3, 0.4) is 0 Å². The maximum Gasteiger partial charge on any atom is 0.407 e. The third-order valence-electron chi connectivity index (χ3n) is 3.25. The summed E-state index contributed by atoms with van der Waals surface area (Å²) in [6, 6.07) is 0. The summed E-state index contributed by atoms with van der Waals surface area (Å²) in [5.74, 6) is -0.477. The quantitative estimate of drug-likeness (QED) is 0.657. The highest BCUT2D eigenvalue weighted by Gasteiger charge is 2.32. The standard InChI is InChI=1S/C17H33NO5/c1-16(2,3)23-15(19)18-10-8-6-7-9-11-20-12-14-13-21-17(4,5)22-14/h14H,6-13H2,1-5H3,(H,18,19)/t14-/m1/s1. The second-order valence-electron chi connectivity index (χ2n) is 7.37. The Kier molecular flexibility index (Phi) is 8.29. The van der Waals surface area contributed by atoms with E-state index in [2.05, 4.69) is 5.32 Å². The van der Waals surface area contributed by atoms with Crippen molar-refractivity contribution in [2.45, 2.75) is 77.8 Å². The molecule has 0 unspecified atom stereocenters. The summed E-state index contributed by atoms with van der Waals surface area (Å²) in [6.45, 7) is 12.0. The first-order valence-corrected chi connectivity index (χ1v) is 8.54. The number of hydrogen-bond donors (Lipinski definition) is 1. The Hall–Kier alpha value is -0.850. The molecule has 0 spiro atoms. The van der Waals surface area contributed by atoms with E-state index < -0.39 is 11.4 Å². The summed E-state index contributed by atoms with van der Waals surface area (Å²) in [6.07, 6.45) is 3.82. The van der Waals surface area contributed by atoms with Crippen LogP contribution in [-0.2, 0) is 18.9 Å². The fraction of sp³-hybridized carbons (Fsp3) is 0.941. The zero-order valence-electron chi connectivity index (χ0n) is 15.3. The first-order chi connectivity index (χ1) is 10.7. The van der Waals surface area contributed by atoms with Crippen LogP contribution in [0.15, 0.2) is 0 Å². The topological polar surface area (TPSA) is 66.0 Å². The number of alkyl carbamates (subject to hydrolysis) is 1. The van der Waals surface area contributed by atoms with Crippen molar-refractivity contribution in [3.8, 4) is 0 Å². The van der Waals surface area contributed by atoms with E-state index in [-0.39, 0.29) is 12.2 Å². The van der Waals surface area contributed by atoms with Gasteiger partial charge in [-0.1, -0.05) is 12.8 Å². The van der Waals surface area contributed by atoms with Gasteiger partial charge in [0.25, 0.3) is 0 Å². The summed E-state index contributed by atoms with van der Waals surface area (Å²) in [4.78, 5) is 11.4. The Morgan fingerprint density at radius 2 is 1.91 bits per heavy atom. The molecule has 0 aromatic rings. The van der Waals surface area contributed by atoms with E-state index in [1.54, 1.807) is 0 Å². The molecule has 1 amide bonds. The van der Waals surface area contributed by atoms with Crippen molar-refractivity contribution in [3.05, 3.63) is 0 Å². The summed E-state index contributed by atoms with van der Waals surface area (Å²) in [5.41, 5.74) is -0.440. The second-order valence-corrected chi connectivity index (χ2v) is 7.37. The molecular weight excluding hydrogens is 298 g/mol. The van der Waals surface area contributed by atoms with Crippen LogP contribution >= 0.6 is 0 Å². The Bertz CT molecular complexity index is 351. The van der Waals surface area contributed by atoms with Crippen LogP contribution in [0, 0.1) is 0 Å². The van der Waals surface area contributed by atoms with Gasteiger partial charge in [-0.25, -0.2) is 4.79 Å². The van der Waals surface area contributed by atoms with E-state index >= 15 is 0 Å². The molecule has 0 aromatic carbocycles. The highest BCUT2D eigenvalue weighted by Crippen LogP contribution is 2.22. The highest BCUT2D eigenvalue weighted by molar-refractivity contribution is 5.67. The minimum Gasteiger partial charge on any atom is -0.444 e. The summed E-state index contributed by atoms with van der Waals surface area (Å²) in [7, 11) is 0. The van der Waals surface area contributed by atoms with Crippen molar-refractivity contribution < 1.29 is 23.7 Å². The van der Waals surface area contributed by atoms with E-state index in [0.29, 0.717) is 19.8 Å². The van der Waals surface area contributed by atoms with E-state index in [1.165, 1.54) is 0 Å². The molecule has 0 aliphatic carbocycles. The predicted octanol–water partition coefficient (Wildman–Crippen LogP) is 3.24. The number of carbonyl (C=O) groups excluding carboxylic acids is 1. The van der Waals surface area contributed by atoms with Crippen LogP contribution in [0.1, 0.15) is 60.3 Å². The lowest BCUT2D eigenvalue weighted by Crippen LogP contribution is -2.32. The fourth-order valence-electron chi connectivity index (χ4n) is 2.25. The maximum atomic E-state index is 11.4. The Balaban J connectivity index is 1.86. The zero-order valence-corrected chi connectivity index (χ0v) is 15.3. The molecule has 136 valence electrons. The lowest BCUT2D eigenvalue weighted by molar-refractivity contribution is -0.145. The van der Waals surface area contributed by atoms with Crippen LogP contribution in [0.25, 0.3) is 0 Å². The lowest BCUT2D eigenvalue weighted by atomic mass is 10.2. The molecule has 1 fully saturated rings. The van der Waals surface area contributed by atoms with Crippen molar-refractivity contribution in [2.24, 2.45) is 0 Å². The average Bonchev–Trinajstić information content (AvgIpc) is 2.74. The zero-order chi connectivity index (χ0) is 17.3. The number of rotatable bonds is 9. The minimum atomic E-state index is -0.477. The van der Waals surface area contributed by atoms with Crippen molar-refractivity contribution in [2.75, 3.05) is 26.4 Å². The van der Waals surface area contributed by atoms with Gasteiger partial charge in [0, 0.05) is 13.2 Å². The van der Waals surface area contributed by atoms with Gasteiger partial charge in [-0.05, 0) is 47.5 Å². The summed E-state index contributed by atoms with van der Waals surface area (Å²) in [5, 5.41) is 2.76. The number of nitrogens with one attached hydrogen (secondary N) is 1. The highest BCUT2D eigenvalue weighted by atomic mass is 16.7. The van der Waals surface area contributed by atoms with Gasteiger partial charge in [0.05, 0.1) is 13.2 Å². The average molecular weight is 331 g/mol. The number of unbranched alkanes of at least 4 members (excludes halogenated alkanes) is 3. The number of carbonyl (C=O) groups is 1. The van der Waals surface area contributed by atoms with Crippen molar-refractivity contribution in [3.63, 3.8) is 0 Å². The molecule has 23 heavy (non-hydrogen) atoms. The van der Waals surface area contributed by atoms with Crippen LogP contribution in [0.5, 0.6) is 0 Å². The summed E-state index contributed by atoms with van der Waals surface area (Å²) < 4.78 is 21.9. The normalized spacial score (nSPS) is 20.5. The predicted molar refractivity (Wildman–Crippen MR) is 88.4 cm³/mol. The Morgan fingerprint density at radius 3 is 2.52 bits per heavy atom. The van der Waals surface area contributed by atoms with Gasteiger partial charge >= 0.3 is 6.09 Å². The van der Waals surface area contributed by atoms with E-state index in [4.69, 9.17) is 18.9 Å². The first kappa shape index (κ1) is 20.2. The van der Waals surface area contributed by atoms with Gasteiger partial charge in [-0.2, -0.15) is 0 Å². The van der Waals surface area contributed by atoms with Gasteiger partial charge in [0.15, 0.2) is 5.79 Å². The van der Waals surface area contributed by atoms with E-state index in [9.17, 15) is 4.79 Å². The molecule has 6 nitrogen and oxygen atoms in total. The Morgan fingerprint density at radius 1 is 1.22 bits per heavy atom. The number of hydrogen-bond acceptors (Lipinski definition) is 5. The van der Waals surface area contributed by atoms with Gasteiger partial charge in [-0.3, -0.25) is 0 Å². The molecule has 0 aromatic heterocycles. The minimum absolute atomic E-state index is 0.0445. The molecule has 6 heteroatoms. The summed E-state index contributed by atoms with van der Waals surface area (Å²) >= 11 is 0. The van der Waals surface area contributed by atoms with E-state index in [1.807, 2.05) is 34.6 Å². The van der Waals surface area contributed by atoms with Crippen molar-refractivity contribution in [1.82, 2.24) is 5.32 Å². The first-order valence-electron chi connectivity index (χ1n) is 8.54. The van der Waals surface area contributed by atoms with Gasteiger partial charge < -0.3 is 24.3 Å². The molecule has 1 aliphatic heterocycles. The van der Waals surface area contributed by atoms with Crippen LogP contribution in [-0.4, -0.2) is 50.0 Å². The third-order valence-corrected chi connectivity index (χ3v) is 3.25. The van der Waals surface area contributed by atoms with Crippen LogP contribution < -0.4 is 5.32 Å². The molecular formula is C17H33NO5. The van der Waals surface area contributed by atoms with Gasteiger partial charge in [0.2, 0.25) is 0 Å². The molecule has 1 heterocycles. The molecule has 0 saturated carbocycles.